The van der Waals surface area contributed by atoms with Gasteiger partial charge < -0.3 is 0 Å². The van der Waals surface area contributed by atoms with Crippen LogP contribution in [0.25, 0.3) is 0 Å². The fraction of sp³-hybridized carbons (Fsp3) is 0.364. The summed E-state index contributed by atoms with van der Waals surface area (Å²) in [7, 11) is -3.34. The fourth-order valence-corrected chi connectivity index (χ4v) is 3.40. The summed E-state index contributed by atoms with van der Waals surface area (Å²) in [4.78, 5) is 0. The molecule has 1 aliphatic rings. The number of hydrogen-bond donors (Lipinski definition) is 1. The van der Waals surface area contributed by atoms with Crippen molar-refractivity contribution in [3.63, 3.8) is 0 Å². The molecule has 0 unspecified atom stereocenters. The summed E-state index contributed by atoms with van der Waals surface area (Å²) in [6.45, 7) is 0. The predicted octanol–water partition coefficient (Wildman–Crippen LogP) is 2.47. The van der Waals surface area contributed by atoms with E-state index in [-0.39, 0.29) is 11.7 Å². The highest BCUT2D eigenvalue weighted by Crippen LogP contribution is 2.31. The Morgan fingerprint density at radius 3 is 2.76 bits per heavy atom. The Bertz CT molecular complexity index is 574. The molecule has 0 aliphatic heterocycles. The van der Waals surface area contributed by atoms with Crippen LogP contribution in [0.15, 0.2) is 22.7 Å². The van der Waals surface area contributed by atoms with Gasteiger partial charge in [-0.05, 0) is 37.0 Å². The molecule has 4 nitrogen and oxygen atoms in total. The molecule has 1 N–H and O–H groups in total. The summed E-state index contributed by atoms with van der Waals surface area (Å²) in [5.74, 6) is 0.426. The van der Waals surface area contributed by atoms with Crippen LogP contribution in [0.1, 0.15) is 18.4 Å². The van der Waals surface area contributed by atoms with Gasteiger partial charge >= 0.3 is 0 Å². The molecular formula is C11H11BrN2O2S. The molecule has 2 rings (SSSR count). The summed E-state index contributed by atoms with van der Waals surface area (Å²) in [6, 6.07) is 6.85. The molecule has 0 spiro atoms. The van der Waals surface area contributed by atoms with Gasteiger partial charge in [-0.25, -0.2) is 8.42 Å². The van der Waals surface area contributed by atoms with Crippen molar-refractivity contribution in [1.82, 2.24) is 0 Å². The summed E-state index contributed by atoms with van der Waals surface area (Å²) in [5, 5.41) is 8.90. The molecular weight excluding hydrogens is 304 g/mol. The number of anilines is 1. The largest absolute Gasteiger partial charge is 0.282 e. The van der Waals surface area contributed by atoms with E-state index in [1.165, 1.54) is 0 Å². The minimum absolute atomic E-state index is 0.143. The van der Waals surface area contributed by atoms with Gasteiger partial charge in [0, 0.05) is 4.47 Å². The van der Waals surface area contributed by atoms with Gasteiger partial charge in [-0.3, -0.25) is 4.72 Å². The first-order chi connectivity index (χ1) is 8.00. The topological polar surface area (TPSA) is 70.0 Å². The first kappa shape index (κ1) is 12.4. The minimum Gasteiger partial charge on any atom is -0.282 e. The number of hydrogen-bond acceptors (Lipinski definition) is 3. The van der Waals surface area contributed by atoms with Crippen LogP contribution >= 0.6 is 15.9 Å². The van der Waals surface area contributed by atoms with Crippen LogP contribution in [0.5, 0.6) is 0 Å². The van der Waals surface area contributed by atoms with E-state index >= 15 is 0 Å². The number of sulfonamides is 1. The SMILES string of the molecule is N#Cc1ccc(Br)cc1NS(=O)(=O)CC1CC1. The van der Waals surface area contributed by atoms with Crippen LogP contribution in [0.4, 0.5) is 5.69 Å². The van der Waals surface area contributed by atoms with Gasteiger partial charge in [0.25, 0.3) is 0 Å². The minimum atomic E-state index is -3.34. The smallest absolute Gasteiger partial charge is 0.233 e. The lowest BCUT2D eigenvalue weighted by Crippen LogP contribution is -2.18. The second-order valence-electron chi connectivity index (χ2n) is 4.13. The Balaban J connectivity index is 2.22. The molecule has 1 aromatic rings. The molecule has 1 aromatic carbocycles. The third-order valence-corrected chi connectivity index (χ3v) is 4.45. The quantitative estimate of drug-likeness (QED) is 0.928. The highest BCUT2D eigenvalue weighted by atomic mass is 79.9. The van der Waals surface area contributed by atoms with Crippen molar-refractivity contribution in [2.75, 3.05) is 10.5 Å². The lowest BCUT2D eigenvalue weighted by atomic mass is 10.2. The second kappa shape index (κ2) is 4.67. The highest BCUT2D eigenvalue weighted by molar-refractivity contribution is 9.10. The number of nitrogens with zero attached hydrogens (tertiary/aromatic N) is 1. The highest BCUT2D eigenvalue weighted by Gasteiger charge is 2.28. The van der Waals surface area contributed by atoms with Crippen molar-refractivity contribution in [2.24, 2.45) is 5.92 Å². The lowest BCUT2D eigenvalue weighted by molar-refractivity contribution is 0.597. The zero-order valence-corrected chi connectivity index (χ0v) is 11.4. The Kier molecular flexibility index (Phi) is 3.40. The molecule has 17 heavy (non-hydrogen) atoms. The maximum atomic E-state index is 11.8. The van der Waals surface area contributed by atoms with E-state index in [9.17, 15) is 8.42 Å². The molecule has 0 radical (unpaired) electrons. The van der Waals surface area contributed by atoms with Crippen molar-refractivity contribution >= 4 is 31.6 Å². The number of rotatable bonds is 4. The molecule has 6 heteroatoms. The van der Waals surface area contributed by atoms with E-state index in [1.54, 1.807) is 18.2 Å². The van der Waals surface area contributed by atoms with Crippen LogP contribution in [0.2, 0.25) is 0 Å². The van der Waals surface area contributed by atoms with Gasteiger partial charge in [0.1, 0.15) is 6.07 Å². The Morgan fingerprint density at radius 2 is 2.18 bits per heavy atom. The molecule has 0 amide bonds. The average Bonchev–Trinajstić information content (AvgIpc) is 3.00. The third kappa shape index (κ3) is 3.45. The van der Waals surface area contributed by atoms with E-state index in [1.807, 2.05) is 6.07 Å². The summed E-state index contributed by atoms with van der Waals surface area (Å²) >= 11 is 3.25. The van der Waals surface area contributed by atoms with E-state index < -0.39 is 10.0 Å². The molecule has 0 atom stereocenters. The zero-order chi connectivity index (χ0) is 12.5. The average molecular weight is 315 g/mol. The van der Waals surface area contributed by atoms with Gasteiger partial charge in [0.05, 0.1) is 17.0 Å². The molecule has 0 aromatic heterocycles. The molecule has 0 bridgehead atoms. The van der Waals surface area contributed by atoms with E-state index in [2.05, 4.69) is 20.7 Å². The van der Waals surface area contributed by atoms with Crippen molar-refractivity contribution in [2.45, 2.75) is 12.8 Å². The number of nitrogens with one attached hydrogen (secondary N) is 1. The van der Waals surface area contributed by atoms with Crippen molar-refractivity contribution in [1.29, 1.82) is 5.26 Å². The summed E-state index contributed by atoms with van der Waals surface area (Å²) in [6.07, 6.45) is 1.95. The Morgan fingerprint density at radius 1 is 1.47 bits per heavy atom. The molecule has 1 aliphatic carbocycles. The lowest BCUT2D eigenvalue weighted by Gasteiger charge is -2.09. The van der Waals surface area contributed by atoms with Crippen LogP contribution < -0.4 is 4.72 Å². The summed E-state index contributed by atoms with van der Waals surface area (Å²) < 4.78 is 26.8. The Labute approximate surface area is 109 Å². The first-order valence-corrected chi connectivity index (χ1v) is 7.65. The van der Waals surface area contributed by atoms with Gasteiger partial charge in [-0.2, -0.15) is 5.26 Å². The van der Waals surface area contributed by atoms with Crippen molar-refractivity contribution in [3.05, 3.63) is 28.2 Å². The van der Waals surface area contributed by atoms with Crippen molar-refractivity contribution in [3.8, 4) is 6.07 Å². The third-order valence-electron chi connectivity index (χ3n) is 2.52. The molecule has 0 heterocycles. The van der Waals surface area contributed by atoms with Crippen LogP contribution in [-0.4, -0.2) is 14.2 Å². The van der Waals surface area contributed by atoms with Gasteiger partial charge in [0.2, 0.25) is 10.0 Å². The number of nitriles is 1. The van der Waals surface area contributed by atoms with E-state index in [0.717, 1.165) is 17.3 Å². The van der Waals surface area contributed by atoms with Gasteiger partial charge in [-0.15, -0.1) is 0 Å². The molecule has 1 saturated carbocycles. The van der Waals surface area contributed by atoms with Crippen LogP contribution in [-0.2, 0) is 10.0 Å². The monoisotopic (exact) mass is 314 g/mol. The number of halogens is 1. The molecule has 0 saturated heterocycles. The van der Waals surface area contributed by atoms with E-state index in [0.29, 0.717) is 11.3 Å². The van der Waals surface area contributed by atoms with Crippen molar-refractivity contribution < 1.29 is 8.42 Å². The second-order valence-corrected chi connectivity index (χ2v) is 6.81. The maximum absolute atomic E-state index is 11.8. The Hall–Kier alpha value is -1.06. The van der Waals surface area contributed by atoms with E-state index in [4.69, 9.17) is 5.26 Å². The zero-order valence-electron chi connectivity index (χ0n) is 8.98. The normalized spacial score (nSPS) is 15.3. The predicted molar refractivity (Wildman–Crippen MR) is 69.0 cm³/mol. The molecule has 1 fully saturated rings. The van der Waals surface area contributed by atoms with Crippen LogP contribution in [0.3, 0.4) is 0 Å². The van der Waals surface area contributed by atoms with Gasteiger partial charge in [0.15, 0.2) is 0 Å². The first-order valence-electron chi connectivity index (χ1n) is 5.20. The maximum Gasteiger partial charge on any atom is 0.233 e. The van der Waals surface area contributed by atoms with Gasteiger partial charge in [-0.1, -0.05) is 15.9 Å². The van der Waals surface area contributed by atoms with Crippen LogP contribution in [0, 0.1) is 17.2 Å². The standard InChI is InChI=1S/C11H11BrN2O2S/c12-10-4-3-9(6-13)11(5-10)14-17(15,16)7-8-1-2-8/h3-5,8,14H,1-2,7H2. The molecule has 90 valence electrons. The summed E-state index contributed by atoms with van der Waals surface area (Å²) in [5.41, 5.74) is 0.662. The number of benzene rings is 1. The fourth-order valence-electron chi connectivity index (χ4n) is 1.50.